The zero-order chi connectivity index (χ0) is 29.4. The van der Waals surface area contributed by atoms with Crippen LogP contribution < -0.4 is 16.0 Å². The smallest absolute Gasteiger partial charge is 0.407 e. The first-order chi connectivity index (χ1) is 19.6. The van der Waals surface area contributed by atoms with Gasteiger partial charge >= 0.3 is 12.2 Å². The van der Waals surface area contributed by atoms with Crippen molar-refractivity contribution < 1.29 is 23.9 Å². The van der Waals surface area contributed by atoms with Crippen molar-refractivity contribution in [2.75, 3.05) is 20.2 Å². The van der Waals surface area contributed by atoms with Gasteiger partial charge in [-0.3, -0.25) is 4.79 Å². The maximum Gasteiger partial charge on any atom is 0.407 e. The molecule has 3 N–H and O–H groups in total. The molecule has 0 bridgehead atoms. The summed E-state index contributed by atoms with van der Waals surface area (Å²) >= 11 is 0. The second-order valence-electron chi connectivity index (χ2n) is 11.6. The van der Waals surface area contributed by atoms with Crippen LogP contribution in [0.1, 0.15) is 62.4 Å². The summed E-state index contributed by atoms with van der Waals surface area (Å²) in [5.41, 5.74) is 3.25. The molecule has 3 aromatic rings. The largest absolute Gasteiger partial charge is 0.453 e. The molecule has 3 amide bonds. The molecular formula is C32H40N4O5. The Morgan fingerprint density at radius 2 is 1.54 bits per heavy atom. The molecule has 9 heteroatoms. The van der Waals surface area contributed by atoms with E-state index in [1.54, 1.807) is 0 Å². The van der Waals surface area contributed by atoms with Gasteiger partial charge in [0.25, 0.3) is 5.91 Å². The van der Waals surface area contributed by atoms with Crippen molar-refractivity contribution in [1.82, 2.24) is 20.9 Å². The molecule has 9 nitrogen and oxygen atoms in total. The van der Waals surface area contributed by atoms with E-state index in [1.165, 1.54) is 7.11 Å². The average Bonchev–Trinajstić information content (AvgIpc) is 2.96. The van der Waals surface area contributed by atoms with Gasteiger partial charge in [0, 0.05) is 30.6 Å². The highest BCUT2D eigenvalue weighted by atomic mass is 16.6. The van der Waals surface area contributed by atoms with E-state index in [9.17, 15) is 14.4 Å². The molecule has 0 atom stereocenters. The summed E-state index contributed by atoms with van der Waals surface area (Å²) in [7, 11) is 1.33. The predicted octanol–water partition coefficient (Wildman–Crippen LogP) is 5.82. The number of benzene rings is 2. The molecular weight excluding hydrogens is 520 g/mol. The summed E-state index contributed by atoms with van der Waals surface area (Å²) in [5, 5.41) is 9.54. The summed E-state index contributed by atoms with van der Waals surface area (Å²) in [6.07, 6.45) is 3.12. The van der Waals surface area contributed by atoms with Gasteiger partial charge in [0.05, 0.1) is 23.9 Å². The first-order valence-corrected chi connectivity index (χ1v) is 14.2. The van der Waals surface area contributed by atoms with E-state index in [0.717, 1.165) is 47.7 Å². The third kappa shape index (κ3) is 8.67. The van der Waals surface area contributed by atoms with Crippen LogP contribution in [0, 0.1) is 11.8 Å². The zero-order valence-electron chi connectivity index (χ0n) is 24.3. The van der Waals surface area contributed by atoms with E-state index in [4.69, 9.17) is 9.72 Å². The minimum atomic E-state index is -0.506. The third-order valence-electron chi connectivity index (χ3n) is 7.26. The molecule has 1 heterocycles. The number of rotatable bonds is 8. The van der Waals surface area contributed by atoms with E-state index >= 15 is 0 Å². The molecule has 1 saturated carbocycles. The number of fused-ring (bicyclic) bond motifs is 1. The summed E-state index contributed by atoms with van der Waals surface area (Å²) < 4.78 is 9.99. The van der Waals surface area contributed by atoms with Crippen molar-refractivity contribution in [3.05, 3.63) is 65.7 Å². The molecule has 0 spiro atoms. The molecule has 1 aliphatic rings. The Morgan fingerprint density at radius 1 is 0.854 bits per heavy atom. The second-order valence-corrected chi connectivity index (χ2v) is 11.6. The van der Waals surface area contributed by atoms with E-state index in [2.05, 4.69) is 20.7 Å². The number of alkyl carbamates (subject to hydrolysis) is 2. The molecule has 0 radical (unpaired) electrons. The van der Waals surface area contributed by atoms with Gasteiger partial charge in [-0.25, -0.2) is 14.6 Å². The quantitative estimate of drug-likeness (QED) is 0.320. The van der Waals surface area contributed by atoms with Crippen molar-refractivity contribution in [1.29, 1.82) is 0 Å². The highest BCUT2D eigenvalue weighted by Gasteiger charge is 2.24. The first kappa shape index (κ1) is 29.8. The third-order valence-corrected chi connectivity index (χ3v) is 7.26. The highest BCUT2D eigenvalue weighted by Crippen LogP contribution is 2.29. The van der Waals surface area contributed by atoms with Gasteiger partial charge in [0.15, 0.2) is 0 Å². The summed E-state index contributed by atoms with van der Waals surface area (Å²) in [5.74, 6) is 0.685. The fourth-order valence-corrected chi connectivity index (χ4v) is 5.11. The molecule has 2 aromatic carbocycles. The van der Waals surface area contributed by atoms with Gasteiger partial charge in [-0.05, 0) is 82.1 Å². The minimum Gasteiger partial charge on any atom is -0.453 e. The van der Waals surface area contributed by atoms with Gasteiger partial charge in [-0.1, -0.05) is 36.4 Å². The normalized spacial score (nSPS) is 17.0. The van der Waals surface area contributed by atoms with Crippen LogP contribution in [0.15, 0.2) is 54.6 Å². The Bertz CT molecular complexity index is 1380. The molecule has 0 saturated heterocycles. The Kier molecular flexibility index (Phi) is 9.81. The number of carbonyl (C=O) groups is 3. The van der Waals surface area contributed by atoms with E-state index in [0.29, 0.717) is 42.7 Å². The number of nitrogens with zero attached hydrogens (tertiary/aromatic N) is 1. The predicted molar refractivity (Wildman–Crippen MR) is 158 cm³/mol. The lowest BCUT2D eigenvalue weighted by molar-refractivity contribution is 0.0512. The second kappa shape index (κ2) is 13.5. The van der Waals surface area contributed by atoms with Crippen molar-refractivity contribution in [2.24, 2.45) is 11.8 Å². The molecule has 1 aromatic heterocycles. The van der Waals surface area contributed by atoms with Crippen molar-refractivity contribution in [3.63, 3.8) is 0 Å². The van der Waals surface area contributed by atoms with E-state index in [-0.39, 0.29) is 12.0 Å². The van der Waals surface area contributed by atoms with Crippen LogP contribution in [0.4, 0.5) is 9.59 Å². The number of amides is 3. The Labute approximate surface area is 241 Å². The van der Waals surface area contributed by atoms with Crippen LogP contribution in [0.5, 0.6) is 0 Å². The van der Waals surface area contributed by atoms with Crippen LogP contribution in [-0.2, 0) is 16.0 Å². The lowest BCUT2D eigenvalue weighted by Gasteiger charge is -2.29. The van der Waals surface area contributed by atoms with Crippen LogP contribution in [0.25, 0.3) is 22.2 Å². The average molecular weight is 561 g/mol. The lowest BCUT2D eigenvalue weighted by atomic mass is 9.82. The molecule has 0 unspecified atom stereocenters. The molecule has 1 fully saturated rings. The number of pyridine rings is 1. The van der Waals surface area contributed by atoms with Gasteiger partial charge in [-0.15, -0.1) is 0 Å². The maximum atomic E-state index is 13.5. The molecule has 218 valence electrons. The maximum absolute atomic E-state index is 13.5. The Morgan fingerprint density at radius 3 is 2.22 bits per heavy atom. The fraction of sp³-hybridized carbons (Fsp3) is 0.438. The molecule has 0 aliphatic heterocycles. The number of carbonyl (C=O) groups excluding carboxylic acids is 3. The molecule has 4 rings (SSSR count). The van der Waals surface area contributed by atoms with Crippen molar-refractivity contribution in [3.8, 4) is 11.3 Å². The Hall–Kier alpha value is -4.14. The van der Waals surface area contributed by atoms with E-state index in [1.807, 2.05) is 75.4 Å². The zero-order valence-corrected chi connectivity index (χ0v) is 24.3. The SMILES string of the molecule is COC(=O)NCc1cccc(-c2cc(C(=O)NCC3CCC(CNC(=O)OC(C)(C)C)CC3)c3ccccc3n2)c1. The number of hydrogen-bond donors (Lipinski definition) is 3. The van der Waals surface area contributed by atoms with Crippen LogP contribution >= 0.6 is 0 Å². The van der Waals surface area contributed by atoms with Crippen LogP contribution in [0.3, 0.4) is 0 Å². The first-order valence-electron chi connectivity index (χ1n) is 14.2. The van der Waals surface area contributed by atoms with Crippen LogP contribution in [0.2, 0.25) is 0 Å². The number of ether oxygens (including phenoxy) is 2. The van der Waals surface area contributed by atoms with Crippen LogP contribution in [-0.4, -0.2) is 48.9 Å². The lowest BCUT2D eigenvalue weighted by Crippen LogP contribution is -2.37. The van der Waals surface area contributed by atoms with Gasteiger partial charge in [0.2, 0.25) is 0 Å². The number of methoxy groups -OCH3 is 1. The summed E-state index contributed by atoms with van der Waals surface area (Å²) in [4.78, 5) is 41.7. The highest BCUT2D eigenvalue weighted by molar-refractivity contribution is 6.07. The minimum absolute atomic E-state index is 0.123. The molecule has 41 heavy (non-hydrogen) atoms. The number of hydrogen-bond acceptors (Lipinski definition) is 6. The van der Waals surface area contributed by atoms with Gasteiger partial charge in [0.1, 0.15) is 5.60 Å². The number of nitrogens with one attached hydrogen (secondary N) is 3. The summed E-state index contributed by atoms with van der Waals surface area (Å²) in [6.45, 7) is 7.10. The van der Waals surface area contributed by atoms with Gasteiger partial charge < -0.3 is 25.4 Å². The fourth-order valence-electron chi connectivity index (χ4n) is 5.11. The summed E-state index contributed by atoms with van der Waals surface area (Å²) in [6, 6.07) is 17.2. The number of para-hydroxylation sites is 1. The van der Waals surface area contributed by atoms with Gasteiger partial charge in [-0.2, -0.15) is 0 Å². The standard InChI is InChI=1S/C32H40N4O5/c1-32(2,3)41-31(39)35-19-22-14-12-21(13-15-22)18-33-29(37)26-17-28(36-27-11-6-5-10-25(26)27)24-9-7-8-23(16-24)20-34-30(38)40-4/h5-11,16-17,21-22H,12-15,18-20H2,1-4H3,(H,33,37)(H,34,38)(H,35,39). The molecule has 1 aliphatic carbocycles. The van der Waals surface area contributed by atoms with Crippen molar-refractivity contribution in [2.45, 2.75) is 58.6 Å². The Balaban J connectivity index is 1.38. The van der Waals surface area contributed by atoms with Crippen molar-refractivity contribution >= 4 is 29.0 Å². The monoisotopic (exact) mass is 560 g/mol. The topological polar surface area (TPSA) is 119 Å². The van der Waals surface area contributed by atoms with E-state index < -0.39 is 11.7 Å². The number of aromatic nitrogens is 1.